The number of hydrogen-bond donors (Lipinski definition) is 2. The maximum absolute atomic E-state index is 11.6. The summed E-state index contributed by atoms with van der Waals surface area (Å²) in [6.45, 7) is 5.42. The van der Waals surface area contributed by atoms with Gasteiger partial charge in [-0.2, -0.15) is 0 Å². The van der Waals surface area contributed by atoms with E-state index in [9.17, 15) is 14.4 Å². The van der Waals surface area contributed by atoms with Gasteiger partial charge in [0, 0.05) is 26.1 Å². The molecule has 17 heavy (non-hydrogen) atoms. The summed E-state index contributed by atoms with van der Waals surface area (Å²) < 4.78 is 0. The number of likely N-dealkylation sites (N-methyl/N-ethyl adjacent to an activating group) is 1. The minimum absolute atomic E-state index is 0.00516. The smallest absolute Gasteiger partial charge is 0.241 e. The second-order valence-electron chi connectivity index (χ2n) is 3.99. The van der Waals surface area contributed by atoms with Gasteiger partial charge in [-0.3, -0.25) is 14.4 Å². The van der Waals surface area contributed by atoms with Crippen molar-refractivity contribution in [3.05, 3.63) is 0 Å². The minimum atomic E-state index is -0.341. The van der Waals surface area contributed by atoms with Crippen LogP contribution in [0.1, 0.15) is 20.3 Å². The van der Waals surface area contributed by atoms with Gasteiger partial charge in [-0.25, -0.2) is 0 Å². The van der Waals surface area contributed by atoms with E-state index in [4.69, 9.17) is 0 Å². The van der Waals surface area contributed by atoms with E-state index in [0.717, 1.165) is 0 Å². The normalized spacial score (nSPS) is 18.7. The van der Waals surface area contributed by atoms with Gasteiger partial charge in [0.15, 0.2) is 0 Å². The first-order valence-electron chi connectivity index (χ1n) is 5.90. The molecule has 3 amide bonds. The average Bonchev–Trinajstić information content (AvgIpc) is 2.74. The van der Waals surface area contributed by atoms with Crippen LogP contribution in [0.2, 0.25) is 0 Å². The van der Waals surface area contributed by atoms with Crippen LogP contribution < -0.4 is 10.6 Å². The Morgan fingerprint density at radius 3 is 2.53 bits per heavy atom. The van der Waals surface area contributed by atoms with Crippen LogP contribution >= 0.6 is 0 Å². The molecule has 0 aromatic carbocycles. The molecule has 2 N–H and O–H groups in total. The van der Waals surface area contributed by atoms with Gasteiger partial charge in [0.25, 0.3) is 0 Å². The largest absolute Gasteiger partial charge is 0.355 e. The third-order valence-electron chi connectivity index (χ3n) is 2.88. The zero-order chi connectivity index (χ0) is 12.8. The maximum Gasteiger partial charge on any atom is 0.241 e. The van der Waals surface area contributed by atoms with E-state index in [1.54, 1.807) is 4.90 Å². The van der Waals surface area contributed by atoms with E-state index in [0.29, 0.717) is 19.6 Å². The van der Waals surface area contributed by atoms with E-state index < -0.39 is 0 Å². The topological polar surface area (TPSA) is 78.5 Å². The summed E-state index contributed by atoms with van der Waals surface area (Å²) >= 11 is 0. The lowest BCUT2D eigenvalue weighted by molar-refractivity contribution is -0.133. The van der Waals surface area contributed by atoms with Gasteiger partial charge < -0.3 is 15.5 Å². The first-order chi connectivity index (χ1) is 8.08. The standard InChI is InChI=1S/C11H19N3O3/c1-3-14(4-2)10(16)7-13-11(17)8-5-9(15)12-6-8/h8H,3-7H2,1-2H3,(H,12,15)(H,13,17). The molecule has 1 fully saturated rings. The van der Waals surface area contributed by atoms with E-state index in [-0.39, 0.29) is 36.6 Å². The Morgan fingerprint density at radius 1 is 1.41 bits per heavy atom. The van der Waals surface area contributed by atoms with Gasteiger partial charge in [-0.15, -0.1) is 0 Å². The molecular formula is C11H19N3O3. The highest BCUT2D eigenvalue weighted by atomic mass is 16.2. The van der Waals surface area contributed by atoms with Crippen molar-refractivity contribution in [3.63, 3.8) is 0 Å². The summed E-state index contributed by atoms with van der Waals surface area (Å²) in [6, 6.07) is 0. The second kappa shape index (κ2) is 6.22. The van der Waals surface area contributed by atoms with E-state index >= 15 is 0 Å². The summed E-state index contributed by atoms with van der Waals surface area (Å²) in [6.07, 6.45) is 0.214. The van der Waals surface area contributed by atoms with Crippen molar-refractivity contribution in [1.29, 1.82) is 0 Å². The number of nitrogens with one attached hydrogen (secondary N) is 2. The van der Waals surface area contributed by atoms with Crippen LogP contribution in [-0.4, -0.2) is 48.8 Å². The Balaban J connectivity index is 2.33. The van der Waals surface area contributed by atoms with Crippen molar-refractivity contribution in [3.8, 4) is 0 Å². The van der Waals surface area contributed by atoms with Gasteiger partial charge in [0.05, 0.1) is 12.5 Å². The Morgan fingerprint density at radius 2 is 2.06 bits per heavy atom. The predicted molar refractivity (Wildman–Crippen MR) is 62.1 cm³/mol. The predicted octanol–water partition coefficient (Wildman–Crippen LogP) is -0.893. The van der Waals surface area contributed by atoms with E-state index in [1.807, 2.05) is 13.8 Å². The Kier molecular flexibility index (Phi) is 4.93. The van der Waals surface area contributed by atoms with Gasteiger partial charge in [-0.1, -0.05) is 0 Å². The lowest BCUT2D eigenvalue weighted by Crippen LogP contribution is -2.42. The number of carbonyl (C=O) groups excluding carboxylic acids is 3. The molecule has 0 aromatic rings. The molecule has 0 aliphatic carbocycles. The quantitative estimate of drug-likeness (QED) is 0.655. The Labute approximate surface area is 101 Å². The molecule has 0 saturated carbocycles. The zero-order valence-corrected chi connectivity index (χ0v) is 10.3. The van der Waals surface area contributed by atoms with Gasteiger partial charge in [-0.05, 0) is 13.8 Å². The zero-order valence-electron chi connectivity index (χ0n) is 10.3. The van der Waals surface area contributed by atoms with Crippen molar-refractivity contribution in [2.45, 2.75) is 20.3 Å². The van der Waals surface area contributed by atoms with Crippen LogP contribution in [0, 0.1) is 5.92 Å². The Bertz CT molecular complexity index is 313. The molecule has 0 radical (unpaired) electrons. The maximum atomic E-state index is 11.6. The summed E-state index contributed by atoms with van der Waals surface area (Å²) in [4.78, 5) is 35.8. The third kappa shape index (κ3) is 3.72. The van der Waals surface area contributed by atoms with Crippen LogP contribution in [0.3, 0.4) is 0 Å². The van der Waals surface area contributed by atoms with E-state index in [2.05, 4.69) is 10.6 Å². The van der Waals surface area contributed by atoms with Crippen LogP contribution in [0.15, 0.2) is 0 Å². The summed E-state index contributed by atoms with van der Waals surface area (Å²) in [5.41, 5.74) is 0. The fourth-order valence-corrected chi connectivity index (χ4v) is 1.79. The highest BCUT2D eigenvalue weighted by Gasteiger charge is 2.28. The van der Waals surface area contributed by atoms with E-state index in [1.165, 1.54) is 0 Å². The highest BCUT2D eigenvalue weighted by Crippen LogP contribution is 2.08. The van der Waals surface area contributed by atoms with Crippen molar-refractivity contribution in [2.24, 2.45) is 5.92 Å². The van der Waals surface area contributed by atoms with Gasteiger partial charge in [0.2, 0.25) is 17.7 Å². The SMILES string of the molecule is CCN(CC)C(=O)CNC(=O)C1CNC(=O)C1. The molecule has 1 aliphatic heterocycles. The summed E-state index contributed by atoms with van der Waals surface area (Å²) in [5, 5.41) is 5.16. The average molecular weight is 241 g/mol. The molecule has 0 spiro atoms. The fourth-order valence-electron chi connectivity index (χ4n) is 1.79. The van der Waals surface area contributed by atoms with Crippen LogP contribution in [0.4, 0.5) is 0 Å². The van der Waals surface area contributed by atoms with Crippen molar-refractivity contribution >= 4 is 17.7 Å². The molecule has 1 rings (SSSR count). The number of rotatable bonds is 5. The van der Waals surface area contributed by atoms with Crippen molar-refractivity contribution in [1.82, 2.24) is 15.5 Å². The molecular weight excluding hydrogens is 222 g/mol. The highest BCUT2D eigenvalue weighted by molar-refractivity contribution is 5.91. The molecule has 1 heterocycles. The monoisotopic (exact) mass is 241 g/mol. The minimum Gasteiger partial charge on any atom is -0.355 e. The second-order valence-corrected chi connectivity index (χ2v) is 3.99. The molecule has 1 atom stereocenters. The van der Waals surface area contributed by atoms with Gasteiger partial charge >= 0.3 is 0 Å². The molecule has 1 saturated heterocycles. The lowest BCUT2D eigenvalue weighted by Gasteiger charge is -2.19. The molecule has 0 bridgehead atoms. The Hall–Kier alpha value is -1.59. The van der Waals surface area contributed by atoms with Crippen LogP contribution in [0.5, 0.6) is 0 Å². The first-order valence-corrected chi connectivity index (χ1v) is 5.90. The number of carbonyl (C=O) groups is 3. The fraction of sp³-hybridized carbons (Fsp3) is 0.727. The molecule has 1 aliphatic rings. The third-order valence-corrected chi connectivity index (χ3v) is 2.88. The molecule has 6 heteroatoms. The van der Waals surface area contributed by atoms with Crippen molar-refractivity contribution < 1.29 is 14.4 Å². The number of nitrogens with zero attached hydrogens (tertiary/aromatic N) is 1. The van der Waals surface area contributed by atoms with Crippen LogP contribution in [0.25, 0.3) is 0 Å². The number of hydrogen-bond acceptors (Lipinski definition) is 3. The number of amides is 3. The van der Waals surface area contributed by atoms with Crippen molar-refractivity contribution in [2.75, 3.05) is 26.2 Å². The molecule has 0 aromatic heterocycles. The molecule has 96 valence electrons. The van der Waals surface area contributed by atoms with Crippen LogP contribution in [-0.2, 0) is 14.4 Å². The summed E-state index contributed by atoms with van der Waals surface area (Å²) in [7, 11) is 0. The molecule has 6 nitrogen and oxygen atoms in total. The summed E-state index contributed by atoms with van der Waals surface area (Å²) in [5.74, 6) is -0.781. The molecule has 1 unspecified atom stereocenters. The first kappa shape index (κ1) is 13.5. The van der Waals surface area contributed by atoms with Gasteiger partial charge in [0.1, 0.15) is 0 Å². The lowest BCUT2D eigenvalue weighted by atomic mass is 10.1.